The van der Waals surface area contributed by atoms with Gasteiger partial charge in [-0.05, 0) is 62.7 Å². The summed E-state index contributed by atoms with van der Waals surface area (Å²) < 4.78 is 11.6. The van der Waals surface area contributed by atoms with Gasteiger partial charge in [-0.15, -0.1) is 0 Å². The van der Waals surface area contributed by atoms with Gasteiger partial charge in [-0.25, -0.2) is 4.98 Å². The number of nitrogens with zero attached hydrogens (tertiary/aromatic N) is 3. The van der Waals surface area contributed by atoms with E-state index in [9.17, 15) is 0 Å². The van der Waals surface area contributed by atoms with Crippen molar-refractivity contribution in [2.75, 3.05) is 38.7 Å². The smallest absolute Gasteiger partial charge is 0.161 e. The van der Waals surface area contributed by atoms with E-state index in [1.165, 1.54) is 5.56 Å². The van der Waals surface area contributed by atoms with Crippen LogP contribution in [0.5, 0.6) is 11.5 Å². The Hall–Kier alpha value is -3.12. The van der Waals surface area contributed by atoms with E-state index >= 15 is 0 Å². The van der Waals surface area contributed by atoms with Crippen LogP contribution in [-0.2, 0) is 0 Å². The molecular weight excluding hydrogens is 424 g/mol. The number of benzene rings is 2. The summed E-state index contributed by atoms with van der Waals surface area (Å²) in [5, 5.41) is 3.52. The van der Waals surface area contributed by atoms with Crippen LogP contribution in [0.1, 0.15) is 51.6 Å². The maximum atomic E-state index is 6.02. The fourth-order valence-corrected chi connectivity index (χ4v) is 3.97. The maximum Gasteiger partial charge on any atom is 0.161 e. The first-order valence-electron chi connectivity index (χ1n) is 12.4. The fraction of sp³-hybridized carbons (Fsp3) is 0.429. The molecule has 1 heterocycles. The molecule has 0 saturated heterocycles. The van der Waals surface area contributed by atoms with Crippen molar-refractivity contribution >= 4 is 5.82 Å². The summed E-state index contributed by atoms with van der Waals surface area (Å²) in [5.74, 6) is 2.21. The average molecular weight is 463 g/mol. The minimum absolute atomic E-state index is 0.179. The summed E-state index contributed by atoms with van der Waals surface area (Å²) in [6, 6.07) is 16.5. The van der Waals surface area contributed by atoms with Gasteiger partial charge in [-0.1, -0.05) is 51.1 Å². The largest absolute Gasteiger partial charge is 0.493 e. The highest BCUT2D eigenvalue weighted by Crippen LogP contribution is 2.32. The molecule has 1 N–H and O–H groups in total. The molecule has 3 rings (SSSR count). The first kappa shape index (κ1) is 25.5. The van der Waals surface area contributed by atoms with E-state index in [-0.39, 0.29) is 6.04 Å². The molecule has 0 amide bonds. The number of unbranched alkanes of at least 4 members (excludes halogenated alkanes) is 1. The van der Waals surface area contributed by atoms with Crippen molar-refractivity contribution in [1.82, 2.24) is 14.9 Å². The second-order valence-corrected chi connectivity index (χ2v) is 8.25. The minimum atomic E-state index is 0.179. The number of aromatic nitrogens is 2. The zero-order chi connectivity index (χ0) is 24.2. The van der Waals surface area contributed by atoms with E-state index in [1.807, 2.05) is 24.3 Å². The van der Waals surface area contributed by atoms with E-state index in [1.54, 1.807) is 19.5 Å². The van der Waals surface area contributed by atoms with Crippen LogP contribution in [0.15, 0.2) is 60.9 Å². The van der Waals surface area contributed by atoms with Gasteiger partial charge in [0.05, 0.1) is 37.8 Å². The summed E-state index contributed by atoms with van der Waals surface area (Å²) in [4.78, 5) is 11.7. The lowest BCUT2D eigenvalue weighted by Gasteiger charge is -2.18. The van der Waals surface area contributed by atoms with Crippen LogP contribution in [0.3, 0.4) is 0 Å². The summed E-state index contributed by atoms with van der Waals surface area (Å²) in [6.07, 6.45) is 6.63. The Morgan fingerprint density at radius 3 is 2.44 bits per heavy atom. The Labute approximate surface area is 204 Å². The minimum Gasteiger partial charge on any atom is -0.493 e. The number of anilines is 1. The van der Waals surface area contributed by atoms with E-state index in [0.717, 1.165) is 61.7 Å². The van der Waals surface area contributed by atoms with Crippen LogP contribution >= 0.6 is 0 Å². The lowest BCUT2D eigenvalue weighted by atomic mass is 10.0. The molecule has 0 saturated carbocycles. The molecule has 1 aromatic heterocycles. The van der Waals surface area contributed by atoms with Gasteiger partial charge in [-0.3, -0.25) is 4.98 Å². The molecule has 0 bridgehead atoms. The molecule has 0 spiro atoms. The third-order valence-electron chi connectivity index (χ3n) is 6.05. The van der Waals surface area contributed by atoms with E-state index in [2.05, 4.69) is 60.2 Å². The van der Waals surface area contributed by atoms with Gasteiger partial charge in [0, 0.05) is 5.56 Å². The zero-order valence-electron chi connectivity index (χ0n) is 21.0. The lowest BCUT2D eigenvalue weighted by molar-refractivity contribution is 0.259. The van der Waals surface area contributed by atoms with Crippen molar-refractivity contribution in [2.45, 2.75) is 46.1 Å². The molecule has 0 fully saturated rings. The second-order valence-electron chi connectivity index (χ2n) is 8.25. The van der Waals surface area contributed by atoms with E-state index in [0.29, 0.717) is 12.4 Å². The number of methoxy groups -OCH3 is 1. The SMILES string of the molecule is CCC(Nc1cncc(-c2ccc(OCCCCN(CC)CC)c(OC)c2)n1)c1ccccc1. The molecule has 0 aliphatic rings. The Balaban J connectivity index is 1.64. The van der Waals surface area contributed by atoms with Gasteiger partial charge in [0.15, 0.2) is 11.5 Å². The Morgan fingerprint density at radius 1 is 0.941 bits per heavy atom. The van der Waals surface area contributed by atoms with Crippen molar-refractivity contribution in [2.24, 2.45) is 0 Å². The van der Waals surface area contributed by atoms with Crippen LogP contribution in [0, 0.1) is 0 Å². The molecule has 1 atom stereocenters. The topological polar surface area (TPSA) is 59.5 Å². The fourth-order valence-electron chi connectivity index (χ4n) is 3.97. The van der Waals surface area contributed by atoms with Crippen molar-refractivity contribution in [3.8, 4) is 22.8 Å². The quantitative estimate of drug-likeness (QED) is 0.287. The number of rotatable bonds is 14. The molecule has 0 radical (unpaired) electrons. The molecule has 6 nitrogen and oxygen atoms in total. The van der Waals surface area contributed by atoms with Gasteiger partial charge in [0.25, 0.3) is 0 Å². The monoisotopic (exact) mass is 462 g/mol. The molecule has 1 unspecified atom stereocenters. The number of hydrogen-bond acceptors (Lipinski definition) is 6. The third kappa shape index (κ3) is 7.19. The number of hydrogen-bond donors (Lipinski definition) is 1. The van der Waals surface area contributed by atoms with Gasteiger partial charge >= 0.3 is 0 Å². The van der Waals surface area contributed by atoms with E-state index in [4.69, 9.17) is 14.5 Å². The summed E-state index contributed by atoms with van der Waals surface area (Å²) >= 11 is 0. The van der Waals surface area contributed by atoms with E-state index < -0.39 is 0 Å². The Kier molecular flexibility index (Phi) is 10.2. The predicted molar refractivity (Wildman–Crippen MR) is 140 cm³/mol. The number of nitrogens with one attached hydrogen (secondary N) is 1. The molecule has 34 heavy (non-hydrogen) atoms. The molecule has 0 aliphatic carbocycles. The average Bonchev–Trinajstić information content (AvgIpc) is 2.90. The Bertz CT molecular complexity index is 993. The standard InChI is InChI=1S/C28H38N4O2/c1-5-24(22-13-9-8-10-14-22)30-28-21-29-20-25(31-28)23-15-16-26(27(19-23)33-4)34-18-12-11-17-32(6-2)7-3/h8-10,13-16,19-21,24H,5-7,11-12,17-18H2,1-4H3,(H,30,31). The molecule has 6 heteroatoms. The van der Waals surface area contributed by atoms with Crippen LogP contribution < -0.4 is 14.8 Å². The summed E-state index contributed by atoms with van der Waals surface area (Å²) in [5.41, 5.74) is 2.96. The van der Waals surface area contributed by atoms with Crippen molar-refractivity contribution in [3.05, 3.63) is 66.5 Å². The molecular formula is C28H38N4O2. The zero-order valence-corrected chi connectivity index (χ0v) is 21.0. The highest BCUT2D eigenvalue weighted by molar-refractivity contribution is 5.64. The normalized spacial score (nSPS) is 11.9. The highest BCUT2D eigenvalue weighted by atomic mass is 16.5. The maximum absolute atomic E-state index is 6.02. The highest BCUT2D eigenvalue weighted by Gasteiger charge is 2.12. The van der Waals surface area contributed by atoms with Gasteiger partial charge < -0.3 is 19.7 Å². The molecule has 2 aromatic carbocycles. The second kappa shape index (κ2) is 13.6. The van der Waals surface area contributed by atoms with Crippen LogP contribution in [0.2, 0.25) is 0 Å². The van der Waals surface area contributed by atoms with Gasteiger partial charge in [0.1, 0.15) is 5.82 Å². The third-order valence-corrected chi connectivity index (χ3v) is 6.05. The van der Waals surface area contributed by atoms with Crippen molar-refractivity contribution in [3.63, 3.8) is 0 Å². The van der Waals surface area contributed by atoms with Crippen molar-refractivity contribution in [1.29, 1.82) is 0 Å². The van der Waals surface area contributed by atoms with Crippen LogP contribution in [0.4, 0.5) is 5.82 Å². The van der Waals surface area contributed by atoms with Crippen LogP contribution in [0.25, 0.3) is 11.3 Å². The molecule has 3 aromatic rings. The van der Waals surface area contributed by atoms with Crippen molar-refractivity contribution < 1.29 is 9.47 Å². The van der Waals surface area contributed by atoms with Gasteiger partial charge in [-0.2, -0.15) is 0 Å². The predicted octanol–water partition coefficient (Wildman–Crippen LogP) is 6.22. The number of ether oxygens (including phenoxy) is 2. The molecule has 182 valence electrons. The first-order chi connectivity index (χ1) is 16.7. The summed E-state index contributed by atoms with van der Waals surface area (Å²) in [6.45, 7) is 10.5. The molecule has 0 aliphatic heterocycles. The van der Waals surface area contributed by atoms with Crippen LogP contribution in [-0.4, -0.2) is 48.2 Å². The summed E-state index contributed by atoms with van der Waals surface area (Å²) in [7, 11) is 1.67. The van der Waals surface area contributed by atoms with Gasteiger partial charge in [0.2, 0.25) is 0 Å². The lowest BCUT2D eigenvalue weighted by Crippen LogP contribution is -2.24. The first-order valence-corrected chi connectivity index (χ1v) is 12.4. The Morgan fingerprint density at radius 2 is 1.74 bits per heavy atom.